The Morgan fingerprint density at radius 1 is 1.19 bits per heavy atom. The molecule has 1 aliphatic heterocycles. The van der Waals surface area contributed by atoms with Gasteiger partial charge in [0, 0.05) is 65.1 Å². The summed E-state index contributed by atoms with van der Waals surface area (Å²) in [5.74, 6) is -0.914. The summed E-state index contributed by atoms with van der Waals surface area (Å²) in [7, 11) is 0. The molecule has 0 saturated carbocycles. The Labute approximate surface area is 159 Å². The maximum absolute atomic E-state index is 12.0. The van der Waals surface area contributed by atoms with Crippen molar-refractivity contribution in [3.05, 3.63) is 42.1 Å². The predicted octanol–water partition coefficient (Wildman–Crippen LogP) is 1.92. The summed E-state index contributed by atoms with van der Waals surface area (Å²) in [6.45, 7) is 1.40. The van der Waals surface area contributed by atoms with E-state index in [0.29, 0.717) is 29.7 Å². The van der Waals surface area contributed by atoms with E-state index in [-0.39, 0.29) is 0 Å². The van der Waals surface area contributed by atoms with Crippen LogP contribution < -0.4 is 5.32 Å². The molecule has 0 aliphatic carbocycles. The minimum Gasteiger partial charge on any atom is -0.480 e. The lowest BCUT2D eigenvalue weighted by Gasteiger charge is -2.31. The highest BCUT2D eigenvalue weighted by Gasteiger charge is 2.30. The molecule has 0 bridgehead atoms. The first-order chi connectivity index (χ1) is 13.0. The van der Waals surface area contributed by atoms with E-state index in [1.54, 1.807) is 36.2 Å². The Balaban J connectivity index is 1.90. The summed E-state index contributed by atoms with van der Waals surface area (Å²) in [6.07, 6.45) is 3.38. The van der Waals surface area contributed by atoms with E-state index in [2.05, 4.69) is 10.3 Å². The molecule has 1 saturated heterocycles. The molecule has 0 radical (unpaired) electrons. The number of rotatable bonds is 6. The molecule has 27 heavy (non-hydrogen) atoms. The number of amides is 1. The number of aromatic amines is 1. The largest absolute Gasteiger partial charge is 0.480 e. The van der Waals surface area contributed by atoms with Crippen molar-refractivity contribution >= 4 is 46.2 Å². The van der Waals surface area contributed by atoms with Gasteiger partial charge in [-0.15, -0.1) is 0 Å². The van der Waals surface area contributed by atoms with Crippen LogP contribution in [-0.2, 0) is 14.4 Å². The predicted molar refractivity (Wildman–Crippen MR) is 103 cm³/mol. The second kappa shape index (κ2) is 8.28. The highest BCUT2D eigenvalue weighted by atomic mass is 32.2. The summed E-state index contributed by atoms with van der Waals surface area (Å²) in [4.78, 5) is 39.3. The highest BCUT2D eigenvalue weighted by molar-refractivity contribution is 7.99. The van der Waals surface area contributed by atoms with Crippen LogP contribution in [0.15, 0.2) is 36.5 Å². The lowest BCUT2D eigenvalue weighted by molar-refractivity contribution is -0.143. The number of thioether (sulfide) groups is 1. The van der Waals surface area contributed by atoms with Gasteiger partial charge in [0.05, 0.1) is 0 Å². The molecule has 1 amide bonds. The van der Waals surface area contributed by atoms with Crippen LogP contribution >= 0.6 is 11.8 Å². The minimum absolute atomic E-state index is 0.460. The maximum Gasteiger partial charge on any atom is 0.328 e. The van der Waals surface area contributed by atoms with Gasteiger partial charge in [0.1, 0.15) is 6.04 Å². The number of hydrogen-bond acceptors (Lipinski definition) is 5. The zero-order valence-electron chi connectivity index (χ0n) is 14.3. The number of fused-ring (bicyclic) bond motifs is 1. The molecule has 1 aliphatic rings. The third kappa shape index (κ3) is 4.50. The Morgan fingerprint density at radius 2 is 1.93 bits per heavy atom. The van der Waals surface area contributed by atoms with Crippen LogP contribution in [0.3, 0.4) is 0 Å². The molecule has 0 spiro atoms. The number of carboxylic acid groups (broad SMARTS) is 2. The van der Waals surface area contributed by atoms with Crippen molar-refractivity contribution in [2.45, 2.75) is 6.04 Å². The van der Waals surface area contributed by atoms with E-state index in [1.807, 2.05) is 4.90 Å². The van der Waals surface area contributed by atoms with Gasteiger partial charge in [0.2, 0.25) is 5.91 Å². The van der Waals surface area contributed by atoms with Gasteiger partial charge in [0.25, 0.3) is 0 Å². The van der Waals surface area contributed by atoms with Gasteiger partial charge in [-0.2, -0.15) is 11.8 Å². The lowest BCUT2D eigenvalue weighted by atomic mass is 10.0. The molecule has 8 nitrogen and oxygen atoms in total. The Hall–Kier alpha value is -2.78. The van der Waals surface area contributed by atoms with E-state index in [1.165, 1.54) is 0 Å². The molecule has 2 aromatic rings. The molecule has 1 aromatic carbocycles. The van der Waals surface area contributed by atoms with Crippen LogP contribution in [0.1, 0.15) is 11.6 Å². The van der Waals surface area contributed by atoms with Crippen molar-refractivity contribution in [2.24, 2.45) is 0 Å². The van der Waals surface area contributed by atoms with Crippen LogP contribution in [0.5, 0.6) is 0 Å². The average Bonchev–Trinajstić information content (AvgIpc) is 3.04. The minimum atomic E-state index is -1.21. The van der Waals surface area contributed by atoms with Gasteiger partial charge in [-0.05, 0) is 18.2 Å². The molecule has 1 aromatic heterocycles. The summed E-state index contributed by atoms with van der Waals surface area (Å²) in [5.41, 5.74) is 1.87. The van der Waals surface area contributed by atoms with E-state index in [0.717, 1.165) is 29.2 Å². The Kier molecular flexibility index (Phi) is 5.82. The van der Waals surface area contributed by atoms with E-state index < -0.39 is 23.9 Å². The summed E-state index contributed by atoms with van der Waals surface area (Å²) in [5, 5.41) is 21.7. The smallest absolute Gasteiger partial charge is 0.328 e. The fourth-order valence-electron chi connectivity index (χ4n) is 3.10. The number of benzene rings is 1. The van der Waals surface area contributed by atoms with E-state index in [9.17, 15) is 19.5 Å². The first-order valence-electron chi connectivity index (χ1n) is 8.33. The Bertz CT molecular complexity index is 902. The number of hydrogen-bond donors (Lipinski definition) is 4. The summed E-state index contributed by atoms with van der Waals surface area (Å²) in [6, 6.07) is 4.35. The van der Waals surface area contributed by atoms with Gasteiger partial charge in [-0.25, -0.2) is 4.79 Å². The van der Waals surface area contributed by atoms with Crippen molar-refractivity contribution in [2.75, 3.05) is 29.9 Å². The highest BCUT2D eigenvalue weighted by Crippen LogP contribution is 2.32. The van der Waals surface area contributed by atoms with Crippen LogP contribution in [0.25, 0.3) is 10.9 Å². The number of carbonyl (C=O) groups excluding carboxylic acids is 1. The van der Waals surface area contributed by atoms with Crippen LogP contribution in [0, 0.1) is 0 Å². The van der Waals surface area contributed by atoms with Gasteiger partial charge in [-0.3, -0.25) is 14.5 Å². The number of carboxylic acids is 2. The number of nitrogens with zero attached hydrogens (tertiary/aromatic N) is 1. The molecule has 2 heterocycles. The fraction of sp³-hybridized carbons (Fsp3) is 0.278. The number of carbonyl (C=O) groups is 3. The molecule has 1 atom stereocenters. The molecule has 9 heteroatoms. The molecular formula is C18H19N3O5S. The molecule has 4 N–H and O–H groups in total. The number of nitrogens with one attached hydrogen (secondary N) is 2. The number of H-pyrrole nitrogens is 1. The van der Waals surface area contributed by atoms with Gasteiger partial charge in [-0.1, -0.05) is 0 Å². The van der Waals surface area contributed by atoms with Crippen molar-refractivity contribution < 1.29 is 24.6 Å². The first kappa shape index (κ1) is 19.0. The van der Waals surface area contributed by atoms with Gasteiger partial charge < -0.3 is 20.5 Å². The standard InChI is InChI=1S/C18H19N3O5S/c22-15(3-4-16(23)24)20-11-1-2-14-12(9-11)13(10-19-14)17(18(25)26)21-5-7-27-8-6-21/h1-4,9-10,17,19H,5-8H2,(H,20,22)(H,23,24)(H,25,26)/b4-3+. The second-order valence-corrected chi connectivity index (χ2v) is 7.28. The number of aromatic nitrogens is 1. The van der Waals surface area contributed by atoms with Crippen molar-refractivity contribution in [3.63, 3.8) is 0 Å². The van der Waals surface area contributed by atoms with Crippen molar-refractivity contribution in [1.82, 2.24) is 9.88 Å². The first-order valence-corrected chi connectivity index (χ1v) is 9.49. The zero-order valence-corrected chi connectivity index (χ0v) is 15.2. The van der Waals surface area contributed by atoms with Crippen LogP contribution in [0.2, 0.25) is 0 Å². The number of anilines is 1. The molecule has 1 unspecified atom stereocenters. The monoisotopic (exact) mass is 389 g/mol. The van der Waals surface area contributed by atoms with Crippen molar-refractivity contribution in [1.29, 1.82) is 0 Å². The van der Waals surface area contributed by atoms with E-state index >= 15 is 0 Å². The van der Waals surface area contributed by atoms with Crippen molar-refractivity contribution in [3.8, 4) is 0 Å². The third-order valence-electron chi connectivity index (χ3n) is 4.30. The fourth-order valence-corrected chi connectivity index (χ4v) is 4.03. The topological polar surface area (TPSA) is 123 Å². The van der Waals surface area contributed by atoms with Gasteiger partial charge >= 0.3 is 11.9 Å². The lowest BCUT2D eigenvalue weighted by Crippen LogP contribution is -2.39. The molecule has 142 valence electrons. The second-order valence-electron chi connectivity index (χ2n) is 6.05. The molecule has 1 fully saturated rings. The zero-order chi connectivity index (χ0) is 19.4. The van der Waals surface area contributed by atoms with Crippen LogP contribution in [-0.4, -0.2) is 62.5 Å². The average molecular weight is 389 g/mol. The maximum atomic E-state index is 12.0. The third-order valence-corrected chi connectivity index (χ3v) is 5.24. The SMILES string of the molecule is O=C(O)/C=C/C(=O)Nc1ccc2[nH]cc(C(C(=O)O)N3CCSCC3)c2c1. The quantitative estimate of drug-likeness (QED) is 0.557. The Morgan fingerprint density at radius 3 is 2.59 bits per heavy atom. The molecular weight excluding hydrogens is 370 g/mol. The molecule has 3 rings (SSSR count). The van der Waals surface area contributed by atoms with E-state index in [4.69, 9.17) is 5.11 Å². The summed E-state index contributed by atoms with van der Waals surface area (Å²) >= 11 is 1.81. The van der Waals surface area contributed by atoms with Gasteiger partial charge in [0.15, 0.2) is 0 Å². The van der Waals surface area contributed by atoms with Crippen LogP contribution in [0.4, 0.5) is 5.69 Å². The normalized spacial score (nSPS) is 16.4. The number of aliphatic carboxylic acids is 2. The summed E-state index contributed by atoms with van der Waals surface area (Å²) < 4.78 is 0.